The lowest BCUT2D eigenvalue weighted by Gasteiger charge is -2.19. The van der Waals surface area contributed by atoms with Crippen LogP contribution in [0.4, 0.5) is 0 Å². The van der Waals surface area contributed by atoms with Crippen LogP contribution in [0, 0.1) is 12.3 Å². The van der Waals surface area contributed by atoms with Crippen LogP contribution >= 0.6 is 27.3 Å². The van der Waals surface area contributed by atoms with Crippen molar-refractivity contribution in [3.8, 4) is 0 Å². The van der Waals surface area contributed by atoms with Crippen LogP contribution in [0.15, 0.2) is 9.85 Å². The highest BCUT2D eigenvalue weighted by Crippen LogP contribution is 2.34. The zero-order valence-corrected chi connectivity index (χ0v) is 12.6. The first-order valence-corrected chi connectivity index (χ1v) is 7.29. The maximum absolute atomic E-state index is 12.3. The molecule has 1 unspecified atom stereocenters. The third-order valence-electron chi connectivity index (χ3n) is 3.37. The molecule has 18 heavy (non-hydrogen) atoms. The second kappa shape index (κ2) is 4.66. The fourth-order valence-electron chi connectivity index (χ4n) is 2.03. The van der Waals surface area contributed by atoms with E-state index in [0.29, 0.717) is 17.8 Å². The molecule has 1 aromatic rings. The maximum atomic E-state index is 12.3. The number of rotatable bonds is 2. The first-order valence-electron chi connectivity index (χ1n) is 5.61. The monoisotopic (exact) mass is 331 g/mol. The summed E-state index contributed by atoms with van der Waals surface area (Å²) in [7, 11) is 0. The highest BCUT2D eigenvalue weighted by atomic mass is 79.9. The van der Waals surface area contributed by atoms with Crippen molar-refractivity contribution in [3.63, 3.8) is 0 Å². The summed E-state index contributed by atoms with van der Waals surface area (Å²) in [6, 6.07) is 0. The second-order valence-electron chi connectivity index (χ2n) is 4.90. The lowest BCUT2D eigenvalue weighted by atomic mass is 9.90. The minimum Gasteiger partial charge on any atom is -0.481 e. The van der Waals surface area contributed by atoms with Gasteiger partial charge in [-0.15, -0.1) is 11.3 Å². The average molecular weight is 332 g/mol. The second-order valence-corrected chi connectivity index (χ2v) is 6.58. The summed E-state index contributed by atoms with van der Waals surface area (Å²) < 4.78 is 0.821. The number of aryl methyl sites for hydroxylation is 1. The lowest BCUT2D eigenvalue weighted by molar-refractivity contribution is -0.147. The topological polar surface area (TPSA) is 57.6 Å². The van der Waals surface area contributed by atoms with Gasteiger partial charge < -0.3 is 10.0 Å². The number of hydrogen-bond acceptors (Lipinski definition) is 3. The molecule has 98 valence electrons. The lowest BCUT2D eigenvalue weighted by Crippen LogP contribution is -2.34. The molecule has 0 spiro atoms. The van der Waals surface area contributed by atoms with Crippen molar-refractivity contribution in [1.29, 1.82) is 0 Å². The minimum absolute atomic E-state index is 0.0787. The number of likely N-dealkylation sites (tertiary alicyclic amines) is 1. The third kappa shape index (κ3) is 2.19. The molecule has 2 heterocycles. The van der Waals surface area contributed by atoms with E-state index in [0.717, 1.165) is 10.0 Å². The van der Waals surface area contributed by atoms with Crippen LogP contribution in [0.2, 0.25) is 0 Å². The van der Waals surface area contributed by atoms with Gasteiger partial charge in [0, 0.05) is 17.6 Å². The van der Waals surface area contributed by atoms with Crippen LogP contribution in [0.3, 0.4) is 0 Å². The number of nitrogens with zero attached hydrogens (tertiary/aromatic N) is 1. The Morgan fingerprint density at radius 1 is 1.56 bits per heavy atom. The molecule has 1 aliphatic rings. The first-order chi connectivity index (χ1) is 8.35. The Bertz CT molecular complexity index is 513. The number of halogens is 1. The molecule has 1 aromatic heterocycles. The Balaban J connectivity index is 2.18. The van der Waals surface area contributed by atoms with Crippen LogP contribution in [0.5, 0.6) is 0 Å². The number of hydrogen-bond donors (Lipinski definition) is 1. The van der Waals surface area contributed by atoms with Gasteiger partial charge in [-0.05, 0) is 47.1 Å². The molecule has 1 fully saturated rings. The highest BCUT2D eigenvalue weighted by molar-refractivity contribution is 9.10. The summed E-state index contributed by atoms with van der Waals surface area (Å²) in [6.45, 7) is 4.41. The summed E-state index contributed by atoms with van der Waals surface area (Å²) >= 11 is 4.80. The number of thiophene rings is 1. The zero-order chi connectivity index (χ0) is 13.5. The van der Waals surface area contributed by atoms with E-state index >= 15 is 0 Å². The largest absolute Gasteiger partial charge is 0.481 e. The molecule has 0 radical (unpaired) electrons. The fraction of sp³-hybridized carbons (Fsp3) is 0.500. The number of carboxylic acids is 1. The van der Waals surface area contributed by atoms with E-state index < -0.39 is 11.4 Å². The summed E-state index contributed by atoms with van der Waals surface area (Å²) in [4.78, 5) is 25.7. The standard InChI is InChI=1S/C12H14BrNO3S/c1-7-5-18-9(8(7)13)10(15)14-4-3-12(2,6-14)11(16)17/h5H,3-4,6H2,1-2H3,(H,16,17). The fourth-order valence-corrected chi connectivity index (χ4v) is 3.65. The Hall–Kier alpha value is -0.880. The Labute approximate surface area is 118 Å². The van der Waals surface area contributed by atoms with Crippen LogP contribution in [-0.4, -0.2) is 35.0 Å². The molecule has 0 aromatic carbocycles. The zero-order valence-electron chi connectivity index (χ0n) is 10.2. The van der Waals surface area contributed by atoms with E-state index in [1.54, 1.807) is 11.8 Å². The highest BCUT2D eigenvalue weighted by Gasteiger charge is 2.42. The third-order valence-corrected chi connectivity index (χ3v) is 5.74. The average Bonchev–Trinajstić information content (AvgIpc) is 2.85. The van der Waals surface area contributed by atoms with Gasteiger partial charge in [0.25, 0.3) is 5.91 Å². The van der Waals surface area contributed by atoms with Gasteiger partial charge in [-0.3, -0.25) is 9.59 Å². The van der Waals surface area contributed by atoms with Crippen molar-refractivity contribution in [3.05, 3.63) is 20.3 Å². The molecular weight excluding hydrogens is 318 g/mol. The van der Waals surface area contributed by atoms with Gasteiger partial charge >= 0.3 is 5.97 Å². The van der Waals surface area contributed by atoms with Gasteiger partial charge in [0.15, 0.2) is 0 Å². The van der Waals surface area contributed by atoms with Gasteiger partial charge in [-0.1, -0.05) is 0 Å². The van der Waals surface area contributed by atoms with Gasteiger partial charge in [0.2, 0.25) is 0 Å². The Kier molecular flexibility index (Phi) is 3.51. The van der Waals surface area contributed by atoms with Crippen molar-refractivity contribution in [2.24, 2.45) is 5.41 Å². The molecule has 1 aliphatic heterocycles. The van der Waals surface area contributed by atoms with Gasteiger partial charge in [-0.25, -0.2) is 0 Å². The van der Waals surface area contributed by atoms with Gasteiger partial charge in [0.05, 0.1) is 5.41 Å². The molecule has 1 atom stereocenters. The first kappa shape index (κ1) is 13.5. The molecular formula is C12H14BrNO3S. The van der Waals surface area contributed by atoms with E-state index in [2.05, 4.69) is 15.9 Å². The van der Waals surface area contributed by atoms with Crippen molar-refractivity contribution in [1.82, 2.24) is 4.90 Å². The van der Waals surface area contributed by atoms with Crippen LogP contribution < -0.4 is 0 Å². The van der Waals surface area contributed by atoms with Crippen molar-refractivity contribution >= 4 is 39.1 Å². The molecule has 1 amide bonds. The van der Waals surface area contributed by atoms with Crippen molar-refractivity contribution in [2.45, 2.75) is 20.3 Å². The van der Waals surface area contributed by atoms with Crippen LogP contribution in [0.25, 0.3) is 0 Å². The summed E-state index contributed by atoms with van der Waals surface area (Å²) in [6.07, 6.45) is 0.510. The van der Waals surface area contributed by atoms with Gasteiger partial charge in [0.1, 0.15) is 4.88 Å². The summed E-state index contributed by atoms with van der Waals surface area (Å²) in [5, 5.41) is 11.1. The van der Waals surface area contributed by atoms with E-state index in [1.807, 2.05) is 12.3 Å². The maximum Gasteiger partial charge on any atom is 0.311 e. The van der Waals surface area contributed by atoms with Crippen LogP contribution in [-0.2, 0) is 4.79 Å². The number of aliphatic carboxylic acids is 1. The Morgan fingerprint density at radius 3 is 2.67 bits per heavy atom. The molecule has 6 heteroatoms. The van der Waals surface area contributed by atoms with E-state index in [-0.39, 0.29) is 12.5 Å². The normalized spacial score (nSPS) is 23.4. The SMILES string of the molecule is Cc1csc(C(=O)N2CCC(C)(C(=O)O)C2)c1Br. The quantitative estimate of drug-likeness (QED) is 0.906. The minimum atomic E-state index is -0.834. The molecule has 1 N–H and O–H groups in total. The number of carboxylic acid groups (broad SMARTS) is 1. The summed E-state index contributed by atoms with van der Waals surface area (Å²) in [5.41, 5.74) is 0.220. The summed E-state index contributed by atoms with van der Waals surface area (Å²) in [5.74, 6) is -0.913. The predicted octanol–water partition coefficient (Wildman–Crippen LogP) is 2.76. The number of carbonyl (C=O) groups is 2. The number of carbonyl (C=O) groups excluding carboxylic acids is 1. The predicted molar refractivity (Wildman–Crippen MR) is 73.0 cm³/mol. The molecule has 4 nitrogen and oxygen atoms in total. The van der Waals surface area contributed by atoms with Crippen LogP contribution in [0.1, 0.15) is 28.6 Å². The number of amides is 1. The molecule has 0 aliphatic carbocycles. The van der Waals surface area contributed by atoms with E-state index in [9.17, 15) is 9.59 Å². The van der Waals surface area contributed by atoms with E-state index in [4.69, 9.17) is 5.11 Å². The molecule has 1 saturated heterocycles. The molecule has 0 saturated carbocycles. The Morgan fingerprint density at radius 2 is 2.22 bits per heavy atom. The van der Waals surface area contributed by atoms with E-state index in [1.165, 1.54) is 11.3 Å². The van der Waals surface area contributed by atoms with Crippen molar-refractivity contribution < 1.29 is 14.7 Å². The van der Waals surface area contributed by atoms with Crippen molar-refractivity contribution in [2.75, 3.05) is 13.1 Å². The van der Waals surface area contributed by atoms with Gasteiger partial charge in [-0.2, -0.15) is 0 Å². The molecule has 2 rings (SSSR count). The smallest absolute Gasteiger partial charge is 0.311 e. The molecule has 0 bridgehead atoms.